The van der Waals surface area contributed by atoms with Gasteiger partial charge in [-0.05, 0) is 41.7 Å². The average Bonchev–Trinajstić information content (AvgIpc) is 3.35. The molecule has 0 radical (unpaired) electrons. The van der Waals surface area contributed by atoms with E-state index in [1.807, 2.05) is 24.3 Å². The van der Waals surface area contributed by atoms with E-state index in [0.29, 0.717) is 11.1 Å². The first-order chi connectivity index (χ1) is 14.7. The van der Waals surface area contributed by atoms with Gasteiger partial charge in [0.1, 0.15) is 0 Å². The zero-order valence-corrected chi connectivity index (χ0v) is 16.7. The Morgan fingerprint density at radius 3 is 1.93 bits per heavy atom. The van der Waals surface area contributed by atoms with E-state index in [9.17, 15) is 9.90 Å². The number of hydrazone groups is 1. The number of carbonyl (C=O) groups is 1. The summed E-state index contributed by atoms with van der Waals surface area (Å²) >= 11 is 0. The number of anilines is 1. The summed E-state index contributed by atoms with van der Waals surface area (Å²) in [4.78, 5) is 15.4. The molecule has 2 N–H and O–H groups in total. The van der Waals surface area contributed by atoms with Crippen molar-refractivity contribution >= 4 is 17.8 Å². The highest BCUT2D eigenvalue weighted by Crippen LogP contribution is 2.29. The van der Waals surface area contributed by atoms with Crippen LogP contribution in [0.2, 0.25) is 0 Å². The fraction of sp³-hybridized carbons (Fsp3) is 0.200. The molecule has 1 heterocycles. The maximum absolute atomic E-state index is 13.0. The molecule has 3 aromatic rings. The van der Waals surface area contributed by atoms with Gasteiger partial charge in [-0.1, -0.05) is 72.8 Å². The first-order valence-corrected chi connectivity index (χ1v) is 10.2. The first-order valence-electron chi connectivity index (χ1n) is 10.2. The molecule has 0 atom stereocenters. The molecule has 0 aromatic heterocycles. The van der Waals surface area contributed by atoms with Crippen molar-refractivity contribution in [2.45, 2.75) is 18.4 Å². The first kappa shape index (κ1) is 19.9. The number of hydrogen-bond acceptors (Lipinski definition) is 4. The van der Waals surface area contributed by atoms with Crippen molar-refractivity contribution in [1.29, 1.82) is 0 Å². The largest absolute Gasteiger partial charge is 0.372 e. The van der Waals surface area contributed by atoms with Crippen LogP contribution in [0.25, 0.3) is 0 Å². The maximum atomic E-state index is 13.0. The predicted octanol–water partition coefficient (Wildman–Crippen LogP) is 3.67. The van der Waals surface area contributed by atoms with Gasteiger partial charge in [-0.15, -0.1) is 0 Å². The Balaban J connectivity index is 1.50. The lowest BCUT2D eigenvalue weighted by atomic mass is 9.85. The predicted molar refractivity (Wildman–Crippen MR) is 120 cm³/mol. The number of amides is 1. The van der Waals surface area contributed by atoms with E-state index >= 15 is 0 Å². The second kappa shape index (κ2) is 8.93. The summed E-state index contributed by atoms with van der Waals surface area (Å²) in [6.45, 7) is 2.20. The van der Waals surface area contributed by atoms with Crippen LogP contribution in [0.1, 0.15) is 29.5 Å². The maximum Gasteiger partial charge on any atom is 0.281 e. The lowest BCUT2D eigenvalue weighted by molar-refractivity contribution is -0.136. The summed E-state index contributed by atoms with van der Waals surface area (Å²) in [5.41, 5.74) is 3.73. The van der Waals surface area contributed by atoms with Crippen LogP contribution in [-0.2, 0) is 10.4 Å². The van der Waals surface area contributed by atoms with Crippen molar-refractivity contribution in [2.75, 3.05) is 18.0 Å². The number of carbonyl (C=O) groups excluding carboxylic acids is 1. The Labute approximate surface area is 176 Å². The molecule has 152 valence electrons. The van der Waals surface area contributed by atoms with Crippen molar-refractivity contribution in [3.05, 3.63) is 102 Å². The fourth-order valence-corrected chi connectivity index (χ4v) is 3.78. The Bertz CT molecular complexity index is 956. The minimum atomic E-state index is -1.83. The number of aliphatic hydroxyl groups is 1. The lowest BCUT2D eigenvalue weighted by Crippen LogP contribution is -2.43. The number of hydrogen-bond donors (Lipinski definition) is 2. The smallest absolute Gasteiger partial charge is 0.281 e. The van der Waals surface area contributed by atoms with Crippen LogP contribution in [-0.4, -0.2) is 30.3 Å². The summed E-state index contributed by atoms with van der Waals surface area (Å²) in [5.74, 6) is -0.607. The molecule has 0 bridgehead atoms. The van der Waals surface area contributed by atoms with E-state index in [0.717, 1.165) is 18.7 Å². The summed E-state index contributed by atoms with van der Waals surface area (Å²) in [6, 6.07) is 25.9. The van der Waals surface area contributed by atoms with Gasteiger partial charge in [-0.3, -0.25) is 4.79 Å². The lowest BCUT2D eigenvalue weighted by Gasteiger charge is -2.27. The molecule has 0 spiro atoms. The van der Waals surface area contributed by atoms with Gasteiger partial charge in [-0.25, -0.2) is 5.43 Å². The third-order valence-corrected chi connectivity index (χ3v) is 5.46. The molecular formula is C25H25N3O2. The van der Waals surface area contributed by atoms with Crippen LogP contribution in [0.5, 0.6) is 0 Å². The van der Waals surface area contributed by atoms with Crippen LogP contribution < -0.4 is 10.3 Å². The SMILES string of the molecule is O=C(N/N=C/c1ccc(N2CCCC2)cc1)C(O)(c1ccccc1)c1ccccc1. The monoisotopic (exact) mass is 399 g/mol. The molecule has 0 unspecified atom stereocenters. The molecule has 1 saturated heterocycles. The molecule has 1 aliphatic rings. The van der Waals surface area contributed by atoms with Crippen molar-refractivity contribution in [2.24, 2.45) is 5.10 Å². The minimum absolute atomic E-state index is 0.485. The topological polar surface area (TPSA) is 64.9 Å². The third kappa shape index (κ3) is 4.11. The third-order valence-electron chi connectivity index (χ3n) is 5.46. The van der Waals surface area contributed by atoms with E-state index in [1.54, 1.807) is 54.7 Å². The zero-order valence-electron chi connectivity index (χ0n) is 16.7. The fourth-order valence-electron chi connectivity index (χ4n) is 3.78. The summed E-state index contributed by atoms with van der Waals surface area (Å²) in [7, 11) is 0. The van der Waals surface area contributed by atoms with Crippen LogP contribution in [0, 0.1) is 0 Å². The second-order valence-electron chi connectivity index (χ2n) is 7.43. The molecular weight excluding hydrogens is 374 g/mol. The molecule has 0 saturated carbocycles. The van der Waals surface area contributed by atoms with Gasteiger partial charge in [0.15, 0.2) is 5.60 Å². The molecule has 4 rings (SSSR count). The number of nitrogens with zero attached hydrogens (tertiary/aromatic N) is 2. The van der Waals surface area contributed by atoms with Gasteiger partial charge in [0.25, 0.3) is 5.91 Å². The van der Waals surface area contributed by atoms with Crippen molar-refractivity contribution in [3.63, 3.8) is 0 Å². The Hall–Kier alpha value is -3.44. The average molecular weight is 399 g/mol. The van der Waals surface area contributed by atoms with Crippen LogP contribution in [0.3, 0.4) is 0 Å². The Morgan fingerprint density at radius 1 is 0.867 bits per heavy atom. The van der Waals surface area contributed by atoms with Crippen LogP contribution >= 0.6 is 0 Å². The number of nitrogens with one attached hydrogen (secondary N) is 1. The molecule has 1 amide bonds. The summed E-state index contributed by atoms with van der Waals surface area (Å²) < 4.78 is 0. The number of rotatable bonds is 6. The van der Waals surface area contributed by atoms with Gasteiger partial charge >= 0.3 is 0 Å². The van der Waals surface area contributed by atoms with Gasteiger partial charge in [0, 0.05) is 18.8 Å². The summed E-state index contributed by atoms with van der Waals surface area (Å²) in [5, 5.41) is 15.5. The standard InChI is InChI=1S/C25H25N3O2/c29-24(25(30,21-9-3-1-4-10-21)22-11-5-2-6-12-22)27-26-19-20-13-15-23(16-14-20)28-17-7-8-18-28/h1-6,9-16,19,30H,7-8,17-18H2,(H,27,29)/b26-19+. The molecule has 1 fully saturated rings. The molecule has 5 heteroatoms. The van der Waals surface area contributed by atoms with E-state index < -0.39 is 11.5 Å². The zero-order chi connectivity index (χ0) is 20.8. The van der Waals surface area contributed by atoms with E-state index in [2.05, 4.69) is 27.6 Å². The Morgan fingerprint density at radius 2 is 1.40 bits per heavy atom. The highest BCUT2D eigenvalue weighted by Gasteiger charge is 2.39. The normalized spacial score (nSPS) is 14.2. The van der Waals surface area contributed by atoms with Crippen LogP contribution in [0.15, 0.2) is 90.0 Å². The van der Waals surface area contributed by atoms with Gasteiger partial charge in [0.2, 0.25) is 0 Å². The quantitative estimate of drug-likeness (QED) is 0.491. The van der Waals surface area contributed by atoms with Gasteiger partial charge in [0.05, 0.1) is 6.21 Å². The van der Waals surface area contributed by atoms with Crippen molar-refractivity contribution < 1.29 is 9.90 Å². The molecule has 0 aliphatic carbocycles. The van der Waals surface area contributed by atoms with E-state index in [-0.39, 0.29) is 0 Å². The van der Waals surface area contributed by atoms with E-state index in [4.69, 9.17) is 0 Å². The van der Waals surface area contributed by atoms with Gasteiger partial charge in [-0.2, -0.15) is 5.10 Å². The second-order valence-corrected chi connectivity index (χ2v) is 7.43. The molecule has 1 aliphatic heterocycles. The minimum Gasteiger partial charge on any atom is -0.372 e. The number of benzene rings is 3. The molecule has 30 heavy (non-hydrogen) atoms. The van der Waals surface area contributed by atoms with Crippen molar-refractivity contribution in [1.82, 2.24) is 5.43 Å². The molecule has 3 aromatic carbocycles. The van der Waals surface area contributed by atoms with Crippen molar-refractivity contribution in [3.8, 4) is 0 Å². The van der Waals surface area contributed by atoms with E-state index in [1.165, 1.54) is 18.5 Å². The van der Waals surface area contributed by atoms with Crippen LogP contribution in [0.4, 0.5) is 5.69 Å². The highest BCUT2D eigenvalue weighted by molar-refractivity contribution is 5.91. The summed E-state index contributed by atoms with van der Waals surface area (Å²) in [6.07, 6.45) is 4.06. The Kier molecular flexibility index (Phi) is 5.91. The highest BCUT2D eigenvalue weighted by atomic mass is 16.3. The molecule has 5 nitrogen and oxygen atoms in total. The van der Waals surface area contributed by atoms with Gasteiger partial charge < -0.3 is 10.0 Å².